The maximum atomic E-state index is 12.2. The predicted octanol–water partition coefficient (Wildman–Crippen LogP) is 3.91. The first-order valence-electron chi connectivity index (χ1n) is 9.04. The van der Waals surface area contributed by atoms with Crippen LogP contribution >= 0.6 is 11.6 Å². The number of nitrogens with zero attached hydrogens (tertiary/aromatic N) is 2. The predicted molar refractivity (Wildman–Crippen MR) is 116 cm³/mol. The molecule has 2 N–H and O–H groups in total. The number of carbonyl (C=O) groups excluding carboxylic acids is 2. The molecule has 2 aromatic carbocycles. The highest BCUT2D eigenvalue weighted by Crippen LogP contribution is 2.15. The molecular weight excluding hydrogens is 404 g/mol. The number of ether oxygens (including phenoxy) is 1. The molecule has 1 heterocycles. The van der Waals surface area contributed by atoms with E-state index in [1.54, 1.807) is 73.8 Å². The quantitative estimate of drug-likeness (QED) is 0.446. The molecule has 152 valence electrons. The molecule has 1 aromatic heterocycles. The Morgan fingerprint density at radius 1 is 1.03 bits per heavy atom. The van der Waals surface area contributed by atoms with E-state index in [4.69, 9.17) is 16.3 Å². The lowest BCUT2D eigenvalue weighted by Gasteiger charge is -2.07. The second kappa shape index (κ2) is 10.2. The SMILES string of the molecule is C/C(=N/NC(=O)COc1ccc(Cl)cc1)c1ccc(NC(=O)c2cccnc2)cc1. The van der Waals surface area contributed by atoms with Crippen molar-refractivity contribution >= 4 is 34.8 Å². The molecular formula is C22H19ClN4O3. The van der Waals surface area contributed by atoms with Crippen molar-refractivity contribution in [3.63, 3.8) is 0 Å². The van der Waals surface area contributed by atoms with Crippen LogP contribution in [0.2, 0.25) is 5.02 Å². The number of hydrogen-bond acceptors (Lipinski definition) is 5. The summed E-state index contributed by atoms with van der Waals surface area (Å²) in [5.41, 5.74) is 4.98. The first-order chi connectivity index (χ1) is 14.5. The lowest BCUT2D eigenvalue weighted by Crippen LogP contribution is -2.25. The van der Waals surface area contributed by atoms with Gasteiger partial charge in [-0.2, -0.15) is 5.10 Å². The van der Waals surface area contributed by atoms with E-state index < -0.39 is 0 Å². The minimum atomic E-state index is -0.385. The highest BCUT2D eigenvalue weighted by molar-refractivity contribution is 6.30. The number of pyridine rings is 1. The van der Waals surface area contributed by atoms with Gasteiger partial charge >= 0.3 is 0 Å². The van der Waals surface area contributed by atoms with Crippen LogP contribution in [0.3, 0.4) is 0 Å². The van der Waals surface area contributed by atoms with E-state index in [2.05, 4.69) is 20.8 Å². The second-order valence-electron chi connectivity index (χ2n) is 6.25. The molecule has 0 saturated heterocycles. The largest absolute Gasteiger partial charge is 0.484 e. The van der Waals surface area contributed by atoms with Crippen LogP contribution in [0.4, 0.5) is 5.69 Å². The number of benzene rings is 2. The number of aromatic nitrogens is 1. The van der Waals surface area contributed by atoms with Gasteiger partial charge in [-0.25, -0.2) is 5.43 Å². The number of nitrogens with one attached hydrogen (secondary N) is 2. The number of hydrogen-bond donors (Lipinski definition) is 2. The molecule has 30 heavy (non-hydrogen) atoms. The van der Waals surface area contributed by atoms with E-state index >= 15 is 0 Å². The molecule has 0 atom stereocenters. The van der Waals surface area contributed by atoms with Crippen molar-refractivity contribution in [3.8, 4) is 5.75 Å². The minimum absolute atomic E-state index is 0.169. The molecule has 8 heteroatoms. The molecule has 0 saturated carbocycles. The average molecular weight is 423 g/mol. The number of halogens is 1. The lowest BCUT2D eigenvalue weighted by atomic mass is 10.1. The molecule has 0 aliphatic heterocycles. The van der Waals surface area contributed by atoms with Crippen molar-refractivity contribution in [2.24, 2.45) is 5.10 Å². The van der Waals surface area contributed by atoms with Crippen LogP contribution in [-0.2, 0) is 4.79 Å². The molecule has 0 radical (unpaired) electrons. The molecule has 0 fully saturated rings. The maximum Gasteiger partial charge on any atom is 0.277 e. The van der Waals surface area contributed by atoms with Crippen molar-refractivity contribution in [2.75, 3.05) is 11.9 Å². The summed E-state index contributed by atoms with van der Waals surface area (Å²) in [6.45, 7) is 1.60. The van der Waals surface area contributed by atoms with Gasteiger partial charge in [0.25, 0.3) is 11.8 Å². The molecule has 3 rings (SSSR count). The third kappa shape index (κ3) is 6.15. The number of anilines is 1. The normalized spacial score (nSPS) is 10.9. The number of amides is 2. The summed E-state index contributed by atoms with van der Waals surface area (Å²) in [6, 6.07) is 17.2. The van der Waals surface area contributed by atoms with Crippen LogP contribution in [0.5, 0.6) is 5.75 Å². The van der Waals surface area contributed by atoms with E-state index in [1.807, 2.05) is 0 Å². The topological polar surface area (TPSA) is 92.7 Å². The fourth-order valence-corrected chi connectivity index (χ4v) is 2.54. The monoisotopic (exact) mass is 422 g/mol. The smallest absolute Gasteiger partial charge is 0.277 e. The van der Waals surface area contributed by atoms with Gasteiger partial charge in [-0.3, -0.25) is 14.6 Å². The van der Waals surface area contributed by atoms with Crippen molar-refractivity contribution in [1.82, 2.24) is 10.4 Å². The Balaban J connectivity index is 1.51. The standard InChI is InChI=1S/C22H19ClN4O3/c1-15(26-27-21(28)14-30-20-10-6-18(23)7-11-20)16-4-8-19(9-5-16)25-22(29)17-3-2-12-24-13-17/h2-13H,14H2,1H3,(H,25,29)(H,27,28)/b26-15-. The van der Waals surface area contributed by atoms with Gasteiger partial charge < -0.3 is 10.1 Å². The summed E-state index contributed by atoms with van der Waals surface area (Å²) in [4.78, 5) is 28.0. The highest BCUT2D eigenvalue weighted by atomic mass is 35.5. The average Bonchev–Trinajstić information content (AvgIpc) is 2.78. The number of rotatable bonds is 7. The van der Waals surface area contributed by atoms with Crippen LogP contribution in [-0.4, -0.2) is 29.1 Å². The summed E-state index contributed by atoms with van der Waals surface area (Å²) >= 11 is 5.80. The van der Waals surface area contributed by atoms with Gasteiger partial charge in [0.15, 0.2) is 6.61 Å². The molecule has 7 nitrogen and oxygen atoms in total. The van der Waals surface area contributed by atoms with Crippen LogP contribution in [0.1, 0.15) is 22.8 Å². The van der Waals surface area contributed by atoms with Gasteiger partial charge in [0, 0.05) is 23.1 Å². The molecule has 0 aliphatic rings. The molecule has 0 bridgehead atoms. The third-order valence-corrected chi connectivity index (χ3v) is 4.27. The molecule has 3 aromatic rings. The highest BCUT2D eigenvalue weighted by Gasteiger charge is 2.07. The zero-order valence-electron chi connectivity index (χ0n) is 16.1. The van der Waals surface area contributed by atoms with Gasteiger partial charge in [-0.15, -0.1) is 0 Å². The number of carbonyl (C=O) groups is 2. The van der Waals surface area contributed by atoms with Gasteiger partial charge in [0.1, 0.15) is 5.75 Å². The Bertz CT molecular complexity index is 1040. The molecule has 0 unspecified atom stereocenters. The zero-order chi connectivity index (χ0) is 21.3. The number of hydrazone groups is 1. The maximum absolute atomic E-state index is 12.2. The van der Waals surface area contributed by atoms with Crippen LogP contribution < -0.4 is 15.5 Å². The first-order valence-corrected chi connectivity index (χ1v) is 9.42. The summed E-state index contributed by atoms with van der Waals surface area (Å²) in [7, 11) is 0. The van der Waals surface area contributed by atoms with E-state index in [0.29, 0.717) is 27.7 Å². The van der Waals surface area contributed by atoms with Gasteiger partial charge in [-0.05, 0) is 61.0 Å². The van der Waals surface area contributed by atoms with Crippen LogP contribution in [0.25, 0.3) is 0 Å². The van der Waals surface area contributed by atoms with E-state index in [0.717, 1.165) is 5.56 Å². The summed E-state index contributed by atoms with van der Waals surface area (Å²) in [5, 5.41) is 7.47. The molecule has 2 amide bonds. The van der Waals surface area contributed by atoms with Gasteiger partial charge in [-0.1, -0.05) is 23.7 Å². The van der Waals surface area contributed by atoms with E-state index in [9.17, 15) is 9.59 Å². The van der Waals surface area contributed by atoms with Crippen molar-refractivity contribution < 1.29 is 14.3 Å². The summed E-state index contributed by atoms with van der Waals surface area (Å²) in [6.07, 6.45) is 3.11. The zero-order valence-corrected chi connectivity index (χ0v) is 16.9. The molecule has 0 aliphatic carbocycles. The third-order valence-electron chi connectivity index (χ3n) is 4.02. The molecule has 0 spiro atoms. The van der Waals surface area contributed by atoms with Gasteiger partial charge in [0.2, 0.25) is 0 Å². The lowest BCUT2D eigenvalue weighted by molar-refractivity contribution is -0.123. The van der Waals surface area contributed by atoms with Crippen LogP contribution in [0.15, 0.2) is 78.2 Å². The van der Waals surface area contributed by atoms with Crippen LogP contribution in [0, 0.1) is 0 Å². The first kappa shape index (κ1) is 21.0. The summed E-state index contributed by atoms with van der Waals surface area (Å²) in [5.74, 6) is -0.0852. The van der Waals surface area contributed by atoms with E-state index in [-0.39, 0.29) is 18.4 Å². The Morgan fingerprint density at radius 2 is 1.77 bits per heavy atom. The fourth-order valence-electron chi connectivity index (χ4n) is 2.42. The Hall–Kier alpha value is -3.71. The van der Waals surface area contributed by atoms with Gasteiger partial charge in [0.05, 0.1) is 11.3 Å². The fraction of sp³-hybridized carbons (Fsp3) is 0.0909. The Labute approximate surface area is 178 Å². The summed E-state index contributed by atoms with van der Waals surface area (Å²) < 4.78 is 5.37. The Morgan fingerprint density at radius 3 is 2.43 bits per heavy atom. The minimum Gasteiger partial charge on any atom is -0.484 e. The van der Waals surface area contributed by atoms with Crippen molar-refractivity contribution in [1.29, 1.82) is 0 Å². The van der Waals surface area contributed by atoms with Crippen molar-refractivity contribution in [2.45, 2.75) is 6.92 Å². The van der Waals surface area contributed by atoms with Crippen molar-refractivity contribution in [3.05, 3.63) is 89.2 Å². The van der Waals surface area contributed by atoms with E-state index in [1.165, 1.54) is 6.20 Å². The second-order valence-corrected chi connectivity index (χ2v) is 6.68. The Kier molecular flexibility index (Phi) is 7.13.